The molecule has 9 nitrogen and oxygen atoms in total. The maximum Gasteiger partial charge on any atom is 0.271 e. The van der Waals surface area contributed by atoms with Gasteiger partial charge in [0.05, 0.1) is 22.8 Å². The van der Waals surface area contributed by atoms with Crippen molar-refractivity contribution >= 4 is 45.8 Å². The second-order valence-corrected chi connectivity index (χ2v) is 9.22. The van der Waals surface area contributed by atoms with Gasteiger partial charge in [-0.2, -0.15) is 0 Å². The van der Waals surface area contributed by atoms with E-state index in [1.807, 2.05) is 44.2 Å². The smallest absolute Gasteiger partial charge is 0.271 e. The van der Waals surface area contributed by atoms with Gasteiger partial charge >= 0.3 is 0 Å². The van der Waals surface area contributed by atoms with Crippen molar-refractivity contribution in [1.82, 2.24) is 9.88 Å². The third kappa shape index (κ3) is 5.72. The molecule has 1 atom stereocenters. The summed E-state index contributed by atoms with van der Waals surface area (Å²) in [5, 5.41) is 13.5. The summed E-state index contributed by atoms with van der Waals surface area (Å²) < 4.78 is 0. The van der Waals surface area contributed by atoms with Gasteiger partial charge in [0.1, 0.15) is 5.25 Å². The number of nitro groups is 1. The molecule has 4 rings (SSSR count). The summed E-state index contributed by atoms with van der Waals surface area (Å²) in [5.74, 6) is -0.651. The second-order valence-electron chi connectivity index (χ2n) is 8.05. The number of thioether (sulfide) groups is 1. The number of aryl methyl sites for hydroxylation is 2. The first kappa shape index (κ1) is 24.1. The molecule has 1 aliphatic heterocycles. The summed E-state index contributed by atoms with van der Waals surface area (Å²) in [6.45, 7) is 4.15. The zero-order chi connectivity index (χ0) is 24.9. The SMILES string of the molecule is Cc1cccc(C)c1N=C1SC(CC(=O)Nc2cccc([N+](=O)[O-])c2)C(=O)N1Cc1ccccn1. The lowest BCUT2D eigenvalue weighted by Gasteiger charge is -2.16. The molecule has 1 aliphatic rings. The molecule has 0 saturated carbocycles. The third-order valence-electron chi connectivity index (χ3n) is 5.42. The third-order valence-corrected chi connectivity index (χ3v) is 6.60. The Morgan fingerprint density at radius 3 is 2.57 bits per heavy atom. The number of hydrogen-bond donors (Lipinski definition) is 1. The number of amidine groups is 1. The van der Waals surface area contributed by atoms with Gasteiger partial charge in [-0.25, -0.2) is 4.99 Å². The predicted molar refractivity (Wildman–Crippen MR) is 136 cm³/mol. The van der Waals surface area contributed by atoms with Gasteiger partial charge in [-0.3, -0.25) is 29.6 Å². The van der Waals surface area contributed by atoms with Crippen LogP contribution in [0.4, 0.5) is 17.1 Å². The second kappa shape index (κ2) is 10.5. The number of aliphatic imine (C=N–C) groups is 1. The number of amides is 2. The molecule has 10 heteroatoms. The summed E-state index contributed by atoms with van der Waals surface area (Å²) in [5.41, 5.74) is 3.63. The van der Waals surface area contributed by atoms with Crippen molar-refractivity contribution in [1.29, 1.82) is 0 Å². The van der Waals surface area contributed by atoms with Crippen molar-refractivity contribution in [2.45, 2.75) is 32.1 Å². The van der Waals surface area contributed by atoms with Gasteiger partial charge in [0, 0.05) is 30.4 Å². The van der Waals surface area contributed by atoms with E-state index in [0.717, 1.165) is 16.8 Å². The van der Waals surface area contributed by atoms with E-state index in [9.17, 15) is 19.7 Å². The first-order valence-corrected chi connectivity index (χ1v) is 11.8. The van der Waals surface area contributed by atoms with Crippen LogP contribution in [0.15, 0.2) is 71.9 Å². The molecule has 2 aromatic carbocycles. The molecule has 0 radical (unpaired) electrons. The average molecular weight is 490 g/mol. The Hall–Kier alpha value is -4.05. The van der Waals surface area contributed by atoms with Gasteiger partial charge in [-0.1, -0.05) is 42.1 Å². The number of aromatic nitrogens is 1. The van der Waals surface area contributed by atoms with Crippen LogP contribution in [0.25, 0.3) is 0 Å². The lowest BCUT2D eigenvalue weighted by atomic mass is 10.1. The molecule has 0 aliphatic carbocycles. The molecule has 35 heavy (non-hydrogen) atoms. The number of carbonyl (C=O) groups is 2. The van der Waals surface area contributed by atoms with Crippen molar-refractivity contribution in [3.63, 3.8) is 0 Å². The number of anilines is 1. The monoisotopic (exact) mass is 489 g/mol. The summed E-state index contributed by atoms with van der Waals surface area (Å²) >= 11 is 1.23. The molecule has 0 spiro atoms. The Balaban J connectivity index is 1.57. The van der Waals surface area contributed by atoms with Crippen LogP contribution in [0.2, 0.25) is 0 Å². The van der Waals surface area contributed by atoms with Crippen LogP contribution in [-0.4, -0.2) is 37.0 Å². The van der Waals surface area contributed by atoms with Crippen LogP contribution >= 0.6 is 11.8 Å². The lowest BCUT2D eigenvalue weighted by molar-refractivity contribution is -0.384. The number of nitrogens with one attached hydrogen (secondary N) is 1. The van der Waals surface area contributed by atoms with Gasteiger partial charge in [0.15, 0.2) is 5.17 Å². The quantitative estimate of drug-likeness (QED) is 0.377. The van der Waals surface area contributed by atoms with Gasteiger partial charge < -0.3 is 5.32 Å². The van der Waals surface area contributed by atoms with Crippen molar-refractivity contribution < 1.29 is 14.5 Å². The molecular formula is C25H23N5O4S. The molecule has 178 valence electrons. The Morgan fingerprint density at radius 2 is 1.89 bits per heavy atom. The van der Waals surface area contributed by atoms with Crippen molar-refractivity contribution in [3.05, 3.63) is 93.8 Å². The van der Waals surface area contributed by atoms with Crippen LogP contribution in [0.5, 0.6) is 0 Å². The number of nitrogens with zero attached hydrogens (tertiary/aromatic N) is 4. The van der Waals surface area contributed by atoms with Crippen molar-refractivity contribution in [2.75, 3.05) is 5.32 Å². The zero-order valence-corrected chi connectivity index (χ0v) is 20.0. The zero-order valence-electron chi connectivity index (χ0n) is 19.2. The fourth-order valence-corrected chi connectivity index (χ4v) is 4.82. The molecule has 1 unspecified atom stereocenters. The van der Waals surface area contributed by atoms with E-state index in [1.165, 1.54) is 30.0 Å². The number of hydrogen-bond acceptors (Lipinski definition) is 7. The van der Waals surface area contributed by atoms with E-state index in [0.29, 0.717) is 16.5 Å². The Morgan fingerprint density at radius 1 is 1.14 bits per heavy atom. The molecular weight excluding hydrogens is 466 g/mol. The molecule has 0 bridgehead atoms. The van der Waals surface area contributed by atoms with Crippen molar-refractivity contribution in [2.24, 2.45) is 4.99 Å². The van der Waals surface area contributed by atoms with E-state index < -0.39 is 16.1 Å². The van der Waals surface area contributed by atoms with E-state index in [4.69, 9.17) is 4.99 Å². The number of non-ortho nitro benzene ring substituents is 1. The Labute approximate surface area is 206 Å². The molecule has 1 fully saturated rings. The fraction of sp³-hybridized carbons (Fsp3) is 0.200. The van der Waals surface area contributed by atoms with E-state index in [1.54, 1.807) is 23.2 Å². The number of pyridine rings is 1. The van der Waals surface area contributed by atoms with Gasteiger partial charge in [0.2, 0.25) is 11.8 Å². The number of nitro benzene ring substituents is 1. The standard InChI is InChI=1S/C25H23N5O4S/c1-16-7-5-8-17(2)23(16)28-25-29(15-19-9-3-4-12-26-19)24(32)21(35-25)14-22(31)27-18-10-6-11-20(13-18)30(33)34/h3-13,21H,14-15H2,1-2H3,(H,27,31). The summed E-state index contributed by atoms with van der Waals surface area (Å²) in [4.78, 5) is 47.2. The molecule has 1 saturated heterocycles. The highest BCUT2D eigenvalue weighted by atomic mass is 32.2. The van der Waals surface area contributed by atoms with Crippen LogP contribution in [0.1, 0.15) is 23.2 Å². The average Bonchev–Trinajstić information content (AvgIpc) is 3.11. The largest absolute Gasteiger partial charge is 0.326 e. The lowest BCUT2D eigenvalue weighted by Crippen LogP contribution is -2.33. The molecule has 1 aromatic heterocycles. The Bertz CT molecular complexity index is 1290. The normalized spacial score (nSPS) is 16.5. The molecule has 2 heterocycles. The van der Waals surface area contributed by atoms with Gasteiger partial charge in [0.25, 0.3) is 5.69 Å². The van der Waals surface area contributed by atoms with E-state index in [-0.39, 0.29) is 24.6 Å². The highest BCUT2D eigenvalue weighted by molar-refractivity contribution is 8.15. The van der Waals surface area contributed by atoms with Crippen LogP contribution in [0.3, 0.4) is 0 Å². The number of benzene rings is 2. The van der Waals surface area contributed by atoms with E-state index in [2.05, 4.69) is 10.3 Å². The summed E-state index contributed by atoms with van der Waals surface area (Å²) in [6.07, 6.45) is 1.56. The minimum Gasteiger partial charge on any atom is -0.326 e. The predicted octanol–water partition coefficient (Wildman–Crippen LogP) is 4.77. The molecule has 3 aromatic rings. The minimum atomic E-state index is -0.680. The highest BCUT2D eigenvalue weighted by Crippen LogP contribution is 2.34. The topological polar surface area (TPSA) is 118 Å². The highest BCUT2D eigenvalue weighted by Gasteiger charge is 2.39. The summed E-state index contributed by atoms with van der Waals surface area (Å²) in [7, 11) is 0. The van der Waals surface area contributed by atoms with Crippen LogP contribution in [-0.2, 0) is 16.1 Å². The number of rotatable bonds is 7. The van der Waals surface area contributed by atoms with Gasteiger partial charge in [-0.05, 0) is 43.2 Å². The van der Waals surface area contributed by atoms with Gasteiger partial charge in [-0.15, -0.1) is 0 Å². The first-order chi connectivity index (χ1) is 16.8. The molecule has 1 N–H and O–H groups in total. The van der Waals surface area contributed by atoms with Crippen LogP contribution < -0.4 is 5.32 Å². The summed E-state index contributed by atoms with van der Waals surface area (Å²) in [6, 6.07) is 17.0. The molecule has 2 amide bonds. The Kier molecular flexibility index (Phi) is 7.21. The van der Waals surface area contributed by atoms with Crippen LogP contribution in [0, 0.1) is 24.0 Å². The number of para-hydroxylation sites is 1. The fourth-order valence-electron chi connectivity index (χ4n) is 3.68. The minimum absolute atomic E-state index is 0.101. The first-order valence-electron chi connectivity index (χ1n) is 10.9. The maximum absolute atomic E-state index is 13.3. The van der Waals surface area contributed by atoms with Crippen molar-refractivity contribution in [3.8, 4) is 0 Å². The maximum atomic E-state index is 13.3. The number of carbonyl (C=O) groups excluding carboxylic acids is 2. The van der Waals surface area contributed by atoms with E-state index >= 15 is 0 Å².